The first-order valence-corrected chi connectivity index (χ1v) is 24.8. The molecule has 0 saturated carbocycles. The zero-order valence-corrected chi connectivity index (χ0v) is 43.6. The Morgan fingerprint density at radius 1 is 0.372 bits per heavy atom. The summed E-state index contributed by atoms with van der Waals surface area (Å²) < 4.78 is 32.2. The monoisotopic (exact) mass is 1050 g/mol. The van der Waals surface area contributed by atoms with Crippen LogP contribution in [0.2, 0.25) is 0 Å². The average Bonchev–Trinajstić information content (AvgIpc) is 3.52. The molecule has 8 aromatic carbocycles. The number of phenolic OH excluding ortho intramolecular Hbond substituents is 3. The van der Waals surface area contributed by atoms with Gasteiger partial charge in [0.15, 0.2) is 34.5 Å². The summed E-state index contributed by atoms with van der Waals surface area (Å²) in [6.07, 6.45) is 8.74. The minimum atomic E-state index is 0.149. The van der Waals surface area contributed by atoms with Crippen molar-refractivity contribution in [3.8, 4) is 51.7 Å². The van der Waals surface area contributed by atoms with E-state index < -0.39 is 0 Å². The van der Waals surface area contributed by atoms with Crippen LogP contribution in [0.25, 0.3) is 54.3 Å². The van der Waals surface area contributed by atoms with Crippen molar-refractivity contribution in [2.45, 2.75) is 25.7 Å². The fourth-order valence-electron chi connectivity index (χ4n) is 9.49. The van der Waals surface area contributed by atoms with E-state index in [4.69, 9.17) is 28.4 Å². The Morgan fingerprint density at radius 2 is 0.795 bits per heavy atom. The van der Waals surface area contributed by atoms with E-state index in [0.717, 1.165) is 68.2 Å². The predicted octanol–water partition coefficient (Wildman–Crippen LogP) is 12.5. The molecule has 0 spiro atoms. The second kappa shape index (κ2) is 22.8. The summed E-state index contributed by atoms with van der Waals surface area (Å²) in [6.45, 7) is 0. The van der Waals surface area contributed by atoms with Crippen LogP contribution in [0.3, 0.4) is 0 Å². The number of aryl methyl sites for hydroxylation is 1. The summed E-state index contributed by atoms with van der Waals surface area (Å²) in [4.78, 5) is 26.0. The average molecular weight is 1050 g/mol. The van der Waals surface area contributed by atoms with E-state index >= 15 is 0 Å². The summed E-state index contributed by atoms with van der Waals surface area (Å²) >= 11 is 0. The first-order valence-electron chi connectivity index (χ1n) is 24.8. The smallest absolute Gasteiger partial charge is 0.162 e. The highest BCUT2D eigenvalue weighted by molar-refractivity contribution is 6.02. The number of anilines is 6. The van der Waals surface area contributed by atoms with E-state index in [2.05, 4.69) is 45.9 Å². The van der Waals surface area contributed by atoms with Gasteiger partial charge in [-0.05, 0) is 95.4 Å². The number of hydrogen-bond donors (Lipinski definition) is 6. The van der Waals surface area contributed by atoms with Crippen LogP contribution in [0.5, 0.6) is 51.7 Å². The van der Waals surface area contributed by atoms with E-state index in [1.54, 1.807) is 73.0 Å². The molecular formula is C60H55N9O9. The van der Waals surface area contributed by atoms with Crippen molar-refractivity contribution in [1.29, 1.82) is 0 Å². The maximum absolute atomic E-state index is 10.4. The van der Waals surface area contributed by atoms with E-state index in [9.17, 15) is 15.3 Å². The van der Waals surface area contributed by atoms with Crippen LogP contribution in [0.1, 0.15) is 24.0 Å². The molecule has 0 saturated heterocycles. The molecule has 0 bridgehead atoms. The molecule has 11 aromatic rings. The van der Waals surface area contributed by atoms with Crippen LogP contribution in [0.15, 0.2) is 140 Å². The molecule has 0 atom stereocenters. The third-order valence-electron chi connectivity index (χ3n) is 13.4. The Morgan fingerprint density at radius 3 is 1.32 bits per heavy atom. The highest BCUT2D eigenvalue weighted by atomic mass is 16.5. The summed E-state index contributed by atoms with van der Waals surface area (Å²) in [5.41, 5.74) is 6.51. The van der Waals surface area contributed by atoms with Gasteiger partial charge in [0.05, 0.1) is 76.3 Å². The van der Waals surface area contributed by atoms with E-state index in [1.165, 1.54) is 36.5 Å². The largest absolute Gasteiger partial charge is 0.506 e. The van der Waals surface area contributed by atoms with Crippen molar-refractivity contribution in [1.82, 2.24) is 29.9 Å². The lowest BCUT2D eigenvalue weighted by molar-refractivity contribution is 0.356. The van der Waals surface area contributed by atoms with Crippen molar-refractivity contribution in [2.24, 2.45) is 0 Å². The summed E-state index contributed by atoms with van der Waals surface area (Å²) in [5, 5.41) is 47.2. The SMILES string of the molecule is COc1cc2ncnc(Nc3c(O)ccc4c3CCCC4)c2cc1OC.COc1cc2ncnc(Nc3c(O)ccc4ccccc34)c2cc1OC.COc1cc2ncnc(Nc3cc4ccccc4cc3O)c2cc1OC. The number of aromatic hydroxyl groups is 3. The normalized spacial score (nSPS) is 11.7. The number of nitrogens with one attached hydrogen (secondary N) is 3. The summed E-state index contributed by atoms with van der Waals surface area (Å²) in [6, 6.07) is 37.5. The number of aromatic nitrogens is 6. The van der Waals surface area contributed by atoms with Crippen LogP contribution in [-0.4, -0.2) is 87.9 Å². The second-order valence-electron chi connectivity index (χ2n) is 17.9. The molecule has 0 radical (unpaired) electrons. The van der Waals surface area contributed by atoms with Gasteiger partial charge in [0.1, 0.15) is 53.7 Å². The van der Waals surface area contributed by atoms with Gasteiger partial charge in [0, 0.05) is 39.7 Å². The highest BCUT2D eigenvalue weighted by Gasteiger charge is 2.20. The number of rotatable bonds is 12. The van der Waals surface area contributed by atoms with Gasteiger partial charge in [-0.3, -0.25) is 0 Å². The topological polar surface area (TPSA) is 229 Å². The van der Waals surface area contributed by atoms with Gasteiger partial charge in [0.2, 0.25) is 0 Å². The molecule has 1 aliphatic carbocycles. The molecule has 18 nitrogen and oxygen atoms in total. The minimum absolute atomic E-state index is 0.149. The van der Waals surface area contributed by atoms with Gasteiger partial charge in [-0.15, -0.1) is 0 Å². The lowest BCUT2D eigenvalue weighted by Crippen LogP contribution is -2.07. The van der Waals surface area contributed by atoms with E-state index in [0.29, 0.717) is 74.4 Å². The van der Waals surface area contributed by atoms with Gasteiger partial charge in [0.25, 0.3) is 0 Å². The maximum Gasteiger partial charge on any atom is 0.162 e. The van der Waals surface area contributed by atoms with Crippen molar-refractivity contribution in [3.05, 3.63) is 151 Å². The quantitative estimate of drug-likeness (QED) is 0.0625. The zero-order chi connectivity index (χ0) is 54.3. The van der Waals surface area contributed by atoms with E-state index in [-0.39, 0.29) is 17.2 Å². The Balaban J connectivity index is 0.000000132. The number of methoxy groups -OCH3 is 6. The Kier molecular flexibility index (Phi) is 15.0. The number of phenols is 3. The first-order chi connectivity index (χ1) is 38.1. The third kappa shape index (κ3) is 10.5. The third-order valence-corrected chi connectivity index (χ3v) is 13.4. The number of nitrogens with zero attached hydrogens (tertiary/aromatic N) is 6. The molecule has 0 aliphatic heterocycles. The van der Waals surface area contributed by atoms with Crippen molar-refractivity contribution >= 4 is 88.8 Å². The molecule has 78 heavy (non-hydrogen) atoms. The Hall–Kier alpha value is -10.1. The van der Waals surface area contributed by atoms with Gasteiger partial charge < -0.3 is 59.7 Å². The molecule has 3 aromatic heterocycles. The Bertz CT molecular complexity index is 4010. The van der Waals surface area contributed by atoms with Gasteiger partial charge in [-0.2, -0.15) is 0 Å². The highest BCUT2D eigenvalue weighted by Crippen LogP contribution is 2.42. The number of hydrogen-bond acceptors (Lipinski definition) is 18. The predicted molar refractivity (Wildman–Crippen MR) is 304 cm³/mol. The fourth-order valence-corrected chi connectivity index (χ4v) is 9.49. The molecule has 18 heteroatoms. The lowest BCUT2D eigenvalue weighted by Gasteiger charge is -2.21. The first kappa shape index (κ1) is 51.4. The minimum Gasteiger partial charge on any atom is -0.506 e. The van der Waals surface area contributed by atoms with Crippen LogP contribution >= 0.6 is 0 Å². The second-order valence-corrected chi connectivity index (χ2v) is 17.9. The van der Waals surface area contributed by atoms with Crippen molar-refractivity contribution in [2.75, 3.05) is 58.6 Å². The van der Waals surface area contributed by atoms with E-state index in [1.807, 2.05) is 91.0 Å². The zero-order valence-electron chi connectivity index (χ0n) is 43.6. The van der Waals surface area contributed by atoms with Gasteiger partial charge in [-0.1, -0.05) is 60.7 Å². The molecule has 394 valence electrons. The summed E-state index contributed by atoms with van der Waals surface area (Å²) in [5.74, 6) is 5.89. The van der Waals surface area contributed by atoms with Crippen molar-refractivity contribution in [3.63, 3.8) is 0 Å². The van der Waals surface area contributed by atoms with Crippen LogP contribution < -0.4 is 44.4 Å². The molecule has 6 N–H and O–H groups in total. The number of benzene rings is 8. The molecule has 1 aliphatic rings. The molecule has 0 unspecified atom stereocenters. The van der Waals surface area contributed by atoms with Crippen molar-refractivity contribution < 1.29 is 43.7 Å². The molecule has 3 heterocycles. The lowest BCUT2D eigenvalue weighted by atomic mass is 9.90. The molecule has 0 amide bonds. The van der Waals surface area contributed by atoms with Crippen LogP contribution in [-0.2, 0) is 12.8 Å². The van der Waals surface area contributed by atoms with Gasteiger partial charge >= 0.3 is 0 Å². The fraction of sp³-hybridized carbons (Fsp3) is 0.167. The molecular weight excluding hydrogens is 991 g/mol. The molecule has 12 rings (SSSR count). The standard InChI is InChI=1S/C20H17N3O3.C20H21N3O3.C20H17N3O3/c1-25-18-9-14-15(10-19(18)26-2)21-11-22-20(14)23-16-7-12-5-3-4-6-13(12)8-17(16)24;2*1-25-17-9-14-15(10-18(17)26-2)21-11-22-20(14)23-19-13-6-4-3-5-12(13)7-8-16(19)24/h3-11,24H,1-2H3,(H,21,22,23);7-11,24H,3-6H2,1-2H3,(H,21,22,23);3-11,24H,1-2H3,(H,21,22,23). The summed E-state index contributed by atoms with van der Waals surface area (Å²) in [7, 11) is 9.51. The van der Waals surface area contributed by atoms with Crippen LogP contribution in [0.4, 0.5) is 34.5 Å². The van der Waals surface area contributed by atoms with Crippen LogP contribution in [0, 0.1) is 0 Å². The van der Waals surface area contributed by atoms with Gasteiger partial charge in [-0.25, -0.2) is 29.9 Å². The number of ether oxygens (including phenoxy) is 6. The Labute approximate surface area is 448 Å². The number of fused-ring (bicyclic) bond motifs is 6. The molecule has 0 fully saturated rings. The maximum atomic E-state index is 10.4.